The number of carbonyl (C=O) groups is 2. The molecule has 0 radical (unpaired) electrons. The summed E-state index contributed by atoms with van der Waals surface area (Å²) in [4.78, 5) is 35.8. The molecule has 1 aliphatic heterocycles. The van der Waals surface area contributed by atoms with E-state index in [4.69, 9.17) is 11.6 Å². The Labute approximate surface area is 189 Å². The molecule has 0 saturated carbocycles. The molecule has 1 atom stereocenters. The second-order valence-electron chi connectivity index (χ2n) is 7.31. The van der Waals surface area contributed by atoms with Crippen LogP contribution in [-0.4, -0.2) is 39.8 Å². The van der Waals surface area contributed by atoms with Gasteiger partial charge in [-0.3, -0.25) is 14.6 Å². The zero-order valence-corrected chi connectivity index (χ0v) is 18.3. The molecule has 0 bridgehead atoms. The number of hydrogen-bond acceptors (Lipinski definition) is 6. The number of aromatic nitrogens is 2. The van der Waals surface area contributed by atoms with Gasteiger partial charge in [0, 0.05) is 37.4 Å². The summed E-state index contributed by atoms with van der Waals surface area (Å²) in [7, 11) is 0. The third-order valence-corrected chi connectivity index (χ3v) is 6.19. The molecule has 0 aliphatic carbocycles. The van der Waals surface area contributed by atoms with E-state index in [-0.39, 0.29) is 17.7 Å². The normalized spacial score (nSPS) is 16.0. The zero-order valence-electron chi connectivity index (χ0n) is 16.8. The van der Waals surface area contributed by atoms with Crippen molar-refractivity contribution in [1.29, 1.82) is 0 Å². The molecule has 2 N–H and O–H groups in total. The molecule has 4 rings (SSSR count). The summed E-state index contributed by atoms with van der Waals surface area (Å²) in [5.74, 6) is -0.428. The van der Waals surface area contributed by atoms with Gasteiger partial charge >= 0.3 is 0 Å². The maximum Gasteiger partial charge on any atom is 0.273 e. The van der Waals surface area contributed by atoms with Gasteiger partial charge in [-0.05, 0) is 36.6 Å². The largest absolute Gasteiger partial charge is 0.352 e. The van der Waals surface area contributed by atoms with Crippen LogP contribution < -0.4 is 10.6 Å². The highest BCUT2D eigenvalue weighted by molar-refractivity contribution is 7.14. The van der Waals surface area contributed by atoms with Crippen molar-refractivity contribution in [2.45, 2.75) is 19.4 Å². The van der Waals surface area contributed by atoms with Crippen molar-refractivity contribution in [3.8, 4) is 0 Å². The monoisotopic (exact) mass is 455 g/mol. The van der Waals surface area contributed by atoms with E-state index in [1.54, 1.807) is 28.7 Å². The fourth-order valence-electron chi connectivity index (χ4n) is 3.48. The molecule has 2 aromatic heterocycles. The Hall–Kier alpha value is -2.97. The van der Waals surface area contributed by atoms with Gasteiger partial charge < -0.3 is 15.5 Å². The fraction of sp³-hybridized carbons (Fsp3) is 0.273. The lowest BCUT2D eigenvalue weighted by Crippen LogP contribution is -2.45. The Bertz CT molecular complexity index is 1060. The van der Waals surface area contributed by atoms with Crippen molar-refractivity contribution in [3.05, 3.63) is 70.5 Å². The third-order valence-electron chi connectivity index (χ3n) is 5.11. The summed E-state index contributed by atoms with van der Waals surface area (Å²) in [5.41, 5.74) is 2.05. The molecule has 1 aliphatic rings. The van der Waals surface area contributed by atoms with Crippen LogP contribution in [-0.2, 0) is 11.3 Å². The van der Waals surface area contributed by atoms with Crippen LogP contribution in [0.1, 0.15) is 28.9 Å². The van der Waals surface area contributed by atoms with Crippen LogP contribution in [0.5, 0.6) is 0 Å². The number of halogens is 1. The van der Waals surface area contributed by atoms with E-state index in [0.717, 1.165) is 24.1 Å². The predicted octanol–water partition coefficient (Wildman–Crippen LogP) is 4.10. The van der Waals surface area contributed by atoms with Crippen molar-refractivity contribution in [1.82, 2.24) is 20.2 Å². The number of hydrogen-bond donors (Lipinski definition) is 2. The van der Waals surface area contributed by atoms with Gasteiger partial charge in [0.25, 0.3) is 5.91 Å². The van der Waals surface area contributed by atoms with Crippen LogP contribution in [0, 0.1) is 5.92 Å². The second-order valence-corrected chi connectivity index (χ2v) is 8.58. The van der Waals surface area contributed by atoms with Crippen LogP contribution in [0.4, 0.5) is 10.8 Å². The van der Waals surface area contributed by atoms with E-state index in [9.17, 15) is 9.59 Å². The average Bonchev–Trinajstić information content (AvgIpc) is 3.28. The summed E-state index contributed by atoms with van der Waals surface area (Å²) < 4.78 is 0. The quantitative estimate of drug-likeness (QED) is 0.584. The standard InChI is InChI=1S/C22H22ClN5O2S/c23-17-7-1-2-8-18(17)26-22-27-19(14-31-22)21(30)28-10-4-6-16(13-28)20(29)25-12-15-5-3-9-24-11-15/h1-3,5,7-9,11,14,16H,4,6,10,12-13H2,(H,25,29)(H,26,27)/t16-/m1/s1. The maximum atomic E-state index is 13.0. The molecular formula is C22H22ClN5O2S. The van der Waals surface area contributed by atoms with E-state index >= 15 is 0 Å². The molecule has 3 aromatic rings. The lowest BCUT2D eigenvalue weighted by molar-refractivity contribution is -0.126. The van der Waals surface area contributed by atoms with Crippen LogP contribution in [0.2, 0.25) is 5.02 Å². The molecular weight excluding hydrogens is 434 g/mol. The molecule has 3 heterocycles. The SMILES string of the molecule is O=C(NCc1cccnc1)[C@@H]1CCCN(C(=O)c2csc(Nc3ccccc3Cl)n2)C1. The number of nitrogens with zero attached hydrogens (tertiary/aromatic N) is 3. The summed E-state index contributed by atoms with van der Waals surface area (Å²) >= 11 is 7.52. The van der Waals surface area contributed by atoms with Gasteiger partial charge in [0.1, 0.15) is 5.69 Å². The molecule has 0 unspecified atom stereocenters. The van der Waals surface area contributed by atoms with Crippen LogP contribution in [0.25, 0.3) is 0 Å². The Morgan fingerprint density at radius 3 is 2.90 bits per heavy atom. The minimum absolute atomic E-state index is 0.0410. The number of pyridine rings is 1. The van der Waals surface area contributed by atoms with Crippen LogP contribution in [0.3, 0.4) is 0 Å². The van der Waals surface area contributed by atoms with Gasteiger partial charge in [0.15, 0.2) is 5.13 Å². The maximum absolute atomic E-state index is 13.0. The summed E-state index contributed by atoms with van der Waals surface area (Å²) in [5, 5.41) is 9.01. The Kier molecular flexibility index (Phi) is 6.79. The number of nitrogens with one attached hydrogen (secondary N) is 2. The second kappa shape index (κ2) is 9.89. The van der Waals surface area contributed by atoms with Crippen molar-refractivity contribution in [2.24, 2.45) is 5.92 Å². The molecule has 1 fully saturated rings. The fourth-order valence-corrected chi connectivity index (χ4v) is 4.36. The predicted molar refractivity (Wildman–Crippen MR) is 122 cm³/mol. The van der Waals surface area contributed by atoms with Gasteiger partial charge in [-0.25, -0.2) is 4.98 Å². The Morgan fingerprint density at radius 2 is 2.10 bits per heavy atom. The summed E-state index contributed by atoms with van der Waals surface area (Å²) in [6.07, 6.45) is 4.97. The highest BCUT2D eigenvalue weighted by Gasteiger charge is 2.29. The molecule has 0 spiro atoms. The Morgan fingerprint density at radius 1 is 1.23 bits per heavy atom. The first-order valence-corrected chi connectivity index (χ1v) is 11.3. The number of thiazole rings is 1. The molecule has 1 saturated heterocycles. The minimum atomic E-state index is -0.228. The van der Waals surface area contributed by atoms with Gasteiger partial charge in [-0.2, -0.15) is 0 Å². The first-order valence-electron chi connectivity index (χ1n) is 10.0. The zero-order chi connectivity index (χ0) is 21.6. The number of benzene rings is 1. The van der Waals surface area contributed by atoms with Crippen LogP contribution >= 0.6 is 22.9 Å². The van der Waals surface area contributed by atoms with Crippen molar-refractivity contribution < 1.29 is 9.59 Å². The van der Waals surface area contributed by atoms with Crippen molar-refractivity contribution in [2.75, 3.05) is 18.4 Å². The number of anilines is 2. The van der Waals surface area contributed by atoms with E-state index < -0.39 is 0 Å². The minimum Gasteiger partial charge on any atom is -0.352 e. The van der Waals surface area contributed by atoms with Gasteiger partial charge in [0.05, 0.1) is 16.6 Å². The highest BCUT2D eigenvalue weighted by Crippen LogP contribution is 2.27. The Balaban J connectivity index is 1.35. The van der Waals surface area contributed by atoms with Gasteiger partial charge in [-0.1, -0.05) is 29.8 Å². The lowest BCUT2D eigenvalue weighted by atomic mass is 9.97. The lowest BCUT2D eigenvalue weighted by Gasteiger charge is -2.31. The van der Waals surface area contributed by atoms with E-state index in [1.807, 2.05) is 30.3 Å². The summed E-state index contributed by atoms with van der Waals surface area (Å²) in [6.45, 7) is 1.44. The smallest absolute Gasteiger partial charge is 0.273 e. The van der Waals surface area contributed by atoms with E-state index in [1.165, 1.54) is 11.3 Å². The number of carbonyl (C=O) groups excluding carboxylic acids is 2. The van der Waals surface area contributed by atoms with E-state index in [0.29, 0.717) is 35.5 Å². The number of likely N-dealkylation sites (tertiary alicyclic amines) is 1. The summed E-state index contributed by atoms with van der Waals surface area (Å²) in [6, 6.07) is 11.1. The molecule has 9 heteroatoms. The first kappa shape index (κ1) is 21.3. The topological polar surface area (TPSA) is 87.2 Å². The van der Waals surface area contributed by atoms with Gasteiger partial charge in [-0.15, -0.1) is 11.3 Å². The first-order chi connectivity index (χ1) is 15.1. The van der Waals surface area contributed by atoms with Crippen LogP contribution in [0.15, 0.2) is 54.2 Å². The van der Waals surface area contributed by atoms with E-state index in [2.05, 4.69) is 20.6 Å². The molecule has 31 heavy (non-hydrogen) atoms. The van der Waals surface area contributed by atoms with Crippen molar-refractivity contribution >= 4 is 45.6 Å². The highest BCUT2D eigenvalue weighted by atomic mass is 35.5. The number of rotatable bonds is 6. The molecule has 7 nitrogen and oxygen atoms in total. The third kappa shape index (κ3) is 5.39. The number of piperidine rings is 1. The average molecular weight is 456 g/mol. The van der Waals surface area contributed by atoms with Crippen molar-refractivity contribution in [3.63, 3.8) is 0 Å². The molecule has 2 amide bonds. The molecule has 160 valence electrons. The van der Waals surface area contributed by atoms with Gasteiger partial charge in [0.2, 0.25) is 5.91 Å². The number of para-hydroxylation sites is 1. The molecule has 1 aromatic carbocycles. The number of amides is 2.